The molecule has 14 heteroatoms. The lowest BCUT2D eigenvalue weighted by Gasteiger charge is -2.24. The lowest BCUT2D eigenvalue weighted by molar-refractivity contribution is -0.140. The molecular weight excluding hydrogens is 550 g/mol. The molecule has 0 amide bonds. The van der Waals surface area contributed by atoms with E-state index in [-0.39, 0.29) is 24.7 Å². The van der Waals surface area contributed by atoms with Crippen LogP contribution in [0.5, 0.6) is 17.4 Å². The molecule has 1 aliphatic heterocycles. The molecule has 1 aliphatic carbocycles. The Morgan fingerprint density at radius 3 is 2.60 bits per heavy atom. The first-order valence-electron chi connectivity index (χ1n) is 13.5. The van der Waals surface area contributed by atoms with Crippen molar-refractivity contribution in [3.8, 4) is 40.2 Å². The Balaban J connectivity index is 1.44. The molecule has 0 saturated heterocycles. The van der Waals surface area contributed by atoms with Crippen molar-refractivity contribution in [3.05, 3.63) is 53.9 Å². The fourth-order valence-electron chi connectivity index (χ4n) is 4.73. The van der Waals surface area contributed by atoms with E-state index >= 15 is 0 Å². The number of rotatable bonds is 4. The van der Waals surface area contributed by atoms with Crippen LogP contribution in [0.1, 0.15) is 49.6 Å². The summed E-state index contributed by atoms with van der Waals surface area (Å²) in [6, 6.07) is 5.09. The number of aromatic nitrogens is 6. The van der Waals surface area contributed by atoms with Gasteiger partial charge in [-0.15, -0.1) is 0 Å². The van der Waals surface area contributed by atoms with Crippen molar-refractivity contribution in [3.63, 3.8) is 0 Å². The van der Waals surface area contributed by atoms with E-state index in [1.165, 1.54) is 18.0 Å². The zero-order valence-corrected chi connectivity index (χ0v) is 23.1. The third-order valence-electron chi connectivity index (χ3n) is 7.31. The van der Waals surface area contributed by atoms with Gasteiger partial charge in [0.15, 0.2) is 23.1 Å². The minimum atomic E-state index is -4.61. The van der Waals surface area contributed by atoms with Crippen LogP contribution >= 0.6 is 0 Å². The third kappa shape index (κ3) is 5.32. The van der Waals surface area contributed by atoms with E-state index in [1.54, 1.807) is 24.4 Å². The molecule has 3 aromatic heterocycles. The molecule has 42 heavy (non-hydrogen) atoms. The SMILES string of the molecule is [B]Cn1cc(C(F)(F)F)nc1-c1ccc2c(c1)OC(C)C(C)Oc1ncnc(C3CC3)c1-c1ncc(OC)c(n1)NC2. The maximum absolute atomic E-state index is 13.4. The summed E-state index contributed by atoms with van der Waals surface area (Å²) in [5, 5.41) is 3.30. The van der Waals surface area contributed by atoms with Gasteiger partial charge in [0.2, 0.25) is 5.88 Å². The Hall–Kier alpha value is -4.36. The molecule has 2 unspecified atom stereocenters. The minimum absolute atomic E-state index is 0.0735. The van der Waals surface area contributed by atoms with Gasteiger partial charge in [-0.2, -0.15) is 13.2 Å². The van der Waals surface area contributed by atoms with Gasteiger partial charge in [0.1, 0.15) is 35.7 Å². The summed E-state index contributed by atoms with van der Waals surface area (Å²) in [5.74, 6) is 2.37. The first-order chi connectivity index (χ1) is 20.2. The van der Waals surface area contributed by atoms with Crippen molar-refractivity contribution < 1.29 is 27.4 Å². The zero-order chi connectivity index (χ0) is 29.6. The van der Waals surface area contributed by atoms with Crippen LogP contribution in [0.25, 0.3) is 22.8 Å². The number of nitrogens with zero attached hydrogens (tertiary/aromatic N) is 6. The van der Waals surface area contributed by atoms with E-state index in [0.717, 1.165) is 30.3 Å². The number of methoxy groups -OCH3 is 1. The van der Waals surface area contributed by atoms with Crippen LogP contribution in [0.3, 0.4) is 0 Å². The van der Waals surface area contributed by atoms with Gasteiger partial charge >= 0.3 is 6.18 Å². The van der Waals surface area contributed by atoms with Crippen LogP contribution in [-0.4, -0.2) is 56.7 Å². The first kappa shape index (κ1) is 27.8. The van der Waals surface area contributed by atoms with Crippen LogP contribution < -0.4 is 19.5 Å². The highest BCUT2D eigenvalue weighted by Crippen LogP contribution is 2.45. The molecule has 10 nitrogen and oxygen atoms in total. The van der Waals surface area contributed by atoms with E-state index in [2.05, 4.69) is 25.3 Å². The molecule has 216 valence electrons. The van der Waals surface area contributed by atoms with Crippen molar-refractivity contribution in [2.24, 2.45) is 0 Å². The molecule has 1 aromatic carbocycles. The second-order valence-electron chi connectivity index (χ2n) is 10.2. The van der Waals surface area contributed by atoms with Crippen molar-refractivity contribution >= 4 is 13.7 Å². The lowest BCUT2D eigenvalue weighted by Crippen LogP contribution is -2.32. The lowest BCUT2D eigenvalue weighted by atomic mass is 10.1. The molecule has 2 radical (unpaired) electrons. The minimum Gasteiger partial charge on any atom is -0.491 e. The molecule has 4 aromatic rings. The number of benzene rings is 1. The van der Waals surface area contributed by atoms with Crippen LogP contribution in [0.2, 0.25) is 0 Å². The first-order valence-corrected chi connectivity index (χ1v) is 13.5. The molecule has 0 spiro atoms. The van der Waals surface area contributed by atoms with Crippen LogP contribution in [0.15, 0.2) is 36.9 Å². The van der Waals surface area contributed by atoms with Gasteiger partial charge in [-0.1, -0.05) is 12.1 Å². The fraction of sp³-hybridized carbons (Fsp3) is 0.393. The fourth-order valence-corrected chi connectivity index (χ4v) is 4.73. The second kappa shape index (κ2) is 10.8. The van der Waals surface area contributed by atoms with E-state index in [9.17, 15) is 13.2 Å². The van der Waals surface area contributed by atoms with E-state index in [4.69, 9.17) is 27.0 Å². The van der Waals surface area contributed by atoms with Crippen molar-refractivity contribution in [1.29, 1.82) is 0 Å². The summed E-state index contributed by atoms with van der Waals surface area (Å²) in [5.41, 5.74) is 1.56. The highest BCUT2D eigenvalue weighted by molar-refractivity contribution is 6.06. The summed E-state index contributed by atoms with van der Waals surface area (Å²) in [4.78, 5) is 22.1. The molecule has 6 rings (SSSR count). The average Bonchev–Trinajstić information content (AvgIpc) is 3.72. The maximum atomic E-state index is 13.4. The highest BCUT2D eigenvalue weighted by atomic mass is 19.4. The Bertz CT molecular complexity index is 1630. The van der Waals surface area contributed by atoms with Crippen LogP contribution in [0.4, 0.5) is 19.0 Å². The predicted molar refractivity (Wildman–Crippen MR) is 148 cm³/mol. The number of nitrogens with one attached hydrogen (secondary N) is 1. The Morgan fingerprint density at radius 2 is 1.88 bits per heavy atom. The van der Waals surface area contributed by atoms with Crippen molar-refractivity contribution in [1.82, 2.24) is 29.5 Å². The summed E-state index contributed by atoms with van der Waals surface area (Å²) < 4.78 is 59.7. The monoisotopic (exact) mass is 577 g/mol. The summed E-state index contributed by atoms with van der Waals surface area (Å²) in [6.07, 6.45) is 0.181. The summed E-state index contributed by atoms with van der Waals surface area (Å²) in [6.45, 7) is 3.96. The van der Waals surface area contributed by atoms with E-state index in [1.807, 2.05) is 13.8 Å². The second-order valence-corrected chi connectivity index (χ2v) is 10.2. The van der Waals surface area contributed by atoms with Crippen molar-refractivity contribution in [2.75, 3.05) is 12.4 Å². The average molecular weight is 577 g/mol. The van der Waals surface area contributed by atoms with Crippen LogP contribution in [-0.2, 0) is 19.2 Å². The largest absolute Gasteiger partial charge is 0.491 e. The van der Waals surface area contributed by atoms with Gasteiger partial charge < -0.3 is 24.1 Å². The van der Waals surface area contributed by atoms with Gasteiger partial charge in [-0.05, 0) is 39.2 Å². The molecule has 2 atom stereocenters. The number of hydrogen-bond donors (Lipinski definition) is 1. The van der Waals surface area contributed by atoms with Gasteiger partial charge in [-0.3, -0.25) is 0 Å². The quantitative estimate of drug-likeness (QED) is 0.336. The number of alkyl halides is 3. The number of fused-ring (bicyclic) bond motifs is 5. The Labute approximate surface area is 241 Å². The van der Waals surface area contributed by atoms with Crippen LogP contribution in [0, 0.1) is 0 Å². The molecular formula is C28H27BF3N7O3. The molecule has 2 bridgehead atoms. The number of anilines is 1. The maximum Gasteiger partial charge on any atom is 0.434 e. The molecule has 1 fully saturated rings. The number of hydrogen-bond acceptors (Lipinski definition) is 9. The summed E-state index contributed by atoms with van der Waals surface area (Å²) in [7, 11) is 7.27. The zero-order valence-electron chi connectivity index (χ0n) is 23.1. The van der Waals surface area contributed by atoms with Gasteiger partial charge in [0, 0.05) is 29.8 Å². The topological polar surface area (TPSA) is 109 Å². The van der Waals surface area contributed by atoms with Crippen molar-refractivity contribution in [2.45, 2.75) is 64.0 Å². The van der Waals surface area contributed by atoms with Gasteiger partial charge in [0.25, 0.3) is 0 Å². The third-order valence-corrected chi connectivity index (χ3v) is 7.31. The Morgan fingerprint density at radius 1 is 1.10 bits per heavy atom. The smallest absolute Gasteiger partial charge is 0.434 e. The standard InChI is InChI=1S/C28H27BF3N7O3/c1-14-15(2)42-27-22(23(16-4-5-16)35-13-36-27)25-34-10-20(40-3)24(38-25)33-9-18-7-6-17(8-19(18)41-14)26-37-21(28(30,31)32)11-39(26)12-29/h6-8,10-11,13-16H,4-5,9,12H2,1-3H3,(H,33,34,38). The molecule has 1 saturated carbocycles. The van der Waals surface area contributed by atoms with Gasteiger partial charge in [0.05, 0.1) is 26.8 Å². The highest BCUT2D eigenvalue weighted by Gasteiger charge is 2.35. The normalized spacial score (nSPS) is 18.6. The molecule has 1 N–H and O–H groups in total. The molecule has 4 heterocycles. The summed E-state index contributed by atoms with van der Waals surface area (Å²) >= 11 is 0. The number of ether oxygens (including phenoxy) is 3. The number of imidazole rings is 1. The number of halogens is 3. The van der Waals surface area contributed by atoms with E-state index < -0.39 is 24.1 Å². The Kier molecular flexibility index (Phi) is 7.15. The molecule has 2 aliphatic rings. The van der Waals surface area contributed by atoms with E-state index in [0.29, 0.717) is 40.1 Å². The predicted octanol–water partition coefficient (Wildman–Crippen LogP) is 4.99. The van der Waals surface area contributed by atoms with Gasteiger partial charge in [-0.25, -0.2) is 24.9 Å².